The molecule has 4 rings (SSSR count). The third-order valence-corrected chi connectivity index (χ3v) is 5.08. The van der Waals surface area contributed by atoms with Gasteiger partial charge < -0.3 is 9.64 Å². The quantitative estimate of drug-likeness (QED) is 0.410. The molecular weight excluding hydrogens is 432 g/mol. The maximum atomic E-state index is 12.8. The smallest absolute Gasteiger partial charge is 0.410 e. The molecule has 0 radical (unpaired) electrons. The van der Waals surface area contributed by atoms with Crippen molar-refractivity contribution < 1.29 is 28.8 Å². The van der Waals surface area contributed by atoms with Crippen LogP contribution in [0.15, 0.2) is 42.5 Å². The van der Waals surface area contributed by atoms with Gasteiger partial charge in [0.25, 0.3) is 11.6 Å². The molecule has 1 atom stereocenters. The zero-order chi connectivity index (χ0) is 24.1. The van der Waals surface area contributed by atoms with Gasteiger partial charge >= 0.3 is 6.09 Å². The molecule has 0 spiro atoms. The SMILES string of the molecule is CC.O=C1CCC(N2Cc3c(NC(=O)Oc4ccc([N+](=O)[O-])cc4)cccc3C2=O)C(=O)N1. The summed E-state index contributed by atoms with van der Waals surface area (Å²) in [6, 6.07) is 9.01. The summed E-state index contributed by atoms with van der Waals surface area (Å²) in [6.07, 6.45) is -0.465. The van der Waals surface area contributed by atoms with E-state index in [0.717, 1.165) is 0 Å². The van der Waals surface area contributed by atoms with Gasteiger partial charge in [-0.15, -0.1) is 0 Å². The highest BCUT2D eigenvalue weighted by Gasteiger charge is 2.40. The Kier molecular flexibility index (Phi) is 7.01. The molecule has 2 N–H and O–H groups in total. The molecule has 2 aliphatic heterocycles. The van der Waals surface area contributed by atoms with Crippen molar-refractivity contribution in [3.05, 3.63) is 63.7 Å². The number of anilines is 1. The van der Waals surface area contributed by atoms with Crippen molar-refractivity contribution in [1.82, 2.24) is 10.2 Å². The van der Waals surface area contributed by atoms with Crippen LogP contribution >= 0.6 is 0 Å². The summed E-state index contributed by atoms with van der Waals surface area (Å²) in [5.74, 6) is -1.15. The first-order chi connectivity index (χ1) is 15.8. The van der Waals surface area contributed by atoms with Gasteiger partial charge in [-0.05, 0) is 30.7 Å². The first-order valence-corrected chi connectivity index (χ1v) is 10.3. The number of amides is 4. The van der Waals surface area contributed by atoms with Crippen LogP contribution in [0.2, 0.25) is 0 Å². The van der Waals surface area contributed by atoms with Crippen LogP contribution in [0.25, 0.3) is 0 Å². The average molecular weight is 454 g/mol. The Morgan fingerprint density at radius 1 is 1.15 bits per heavy atom. The fraction of sp³-hybridized carbons (Fsp3) is 0.273. The van der Waals surface area contributed by atoms with E-state index >= 15 is 0 Å². The molecule has 2 aromatic rings. The van der Waals surface area contributed by atoms with Gasteiger partial charge in [0.2, 0.25) is 11.8 Å². The second kappa shape index (κ2) is 9.90. The van der Waals surface area contributed by atoms with Crippen molar-refractivity contribution >= 4 is 35.2 Å². The van der Waals surface area contributed by atoms with Gasteiger partial charge in [-0.25, -0.2) is 4.79 Å². The lowest BCUT2D eigenvalue weighted by molar-refractivity contribution is -0.384. The molecule has 2 aromatic carbocycles. The fourth-order valence-electron chi connectivity index (χ4n) is 3.58. The van der Waals surface area contributed by atoms with E-state index in [4.69, 9.17) is 4.74 Å². The highest BCUT2D eigenvalue weighted by molar-refractivity contribution is 6.06. The number of nitrogens with one attached hydrogen (secondary N) is 2. The third-order valence-electron chi connectivity index (χ3n) is 5.08. The van der Waals surface area contributed by atoms with Crippen molar-refractivity contribution in [3.8, 4) is 5.75 Å². The number of nitro groups is 1. The van der Waals surface area contributed by atoms with E-state index in [9.17, 15) is 29.3 Å². The van der Waals surface area contributed by atoms with Crippen molar-refractivity contribution in [2.45, 2.75) is 39.3 Å². The summed E-state index contributed by atoms with van der Waals surface area (Å²) >= 11 is 0. The van der Waals surface area contributed by atoms with E-state index in [1.54, 1.807) is 18.2 Å². The van der Waals surface area contributed by atoms with Gasteiger partial charge in [0.1, 0.15) is 11.8 Å². The van der Waals surface area contributed by atoms with E-state index in [1.807, 2.05) is 13.8 Å². The molecule has 11 nitrogen and oxygen atoms in total. The van der Waals surface area contributed by atoms with Gasteiger partial charge in [-0.1, -0.05) is 19.9 Å². The van der Waals surface area contributed by atoms with Gasteiger partial charge in [0.05, 0.1) is 4.92 Å². The molecule has 1 unspecified atom stereocenters. The first kappa shape index (κ1) is 23.4. The number of benzene rings is 2. The number of piperidine rings is 1. The highest BCUT2D eigenvalue weighted by Crippen LogP contribution is 2.32. The molecule has 33 heavy (non-hydrogen) atoms. The number of hydrogen-bond acceptors (Lipinski definition) is 7. The van der Waals surface area contributed by atoms with Crippen LogP contribution in [0.4, 0.5) is 16.2 Å². The number of ether oxygens (including phenoxy) is 1. The highest BCUT2D eigenvalue weighted by atomic mass is 16.6. The molecule has 0 bridgehead atoms. The number of non-ortho nitro benzene ring substituents is 1. The van der Waals surface area contributed by atoms with Gasteiger partial charge in [0.15, 0.2) is 0 Å². The summed E-state index contributed by atoms with van der Waals surface area (Å²) in [6.45, 7) is 4.09. The molecule has 11 heteroatoms. The molecule has 1 saturated heterocycles. The topological polar surface area (TPSA) is 148 Å². The van der Waals surface area contributed by atoms with Crippen molar-refractivity contribution in [3.63, 3.8) is 0 Å². The van der Waals surface area contributed by atoms with E-state index in [1.165, 1.54) is 29.2 Å². The number of carbonyl (C=O) groups excluding carboxylic acids is 4. The van der Waals surface area contributed by atoms with Crippen LogP contribution in [-0.4, -0.2) is 39.7 Å². The second-order valence-corrected chi connectivity index (χ2v) is 7.00. The van der Waals surface area contributed by atoms with E-state index in [-0.39, 0.29) is 42.6 Å². The second-order valence-electron chi connectivity index (χ2n) is 7.00. The zero-order valence-electron chi connectivity index (χ0n) is 18.0. The molecule has 172 valence electrons. The molecule has 0 aromatic heterocycles. The number of carbonyl (C=O) groups is 4. The molecular formula is C22H22N4O7. The Balaban J connectivity index is 0.00000149. The van der Waals surface area contributed by atoms with E-state index in [2.05, 4.69) is 10.6 Å². The van der Waals surface area contributed by atoms with Crippen LogP contribution in [-0.2, 0) is 16.1 Å². The minimum absolute atomic E-state index is 0.0917. The Morgan fingerprint density at radius 2 is 1.85 bits per heavy atom. The largest absolute Gasteiger partial charge is 0.417 e. The predicted octanol–water partition coefficient (Wildman–Crippen LogP) is 2.99. The van der Waals surface area contributed by atoms with Crippen molar-refractivity contribution in [2.75, 3.05) is 5.32 Å². The fourth-order valence-corrected chi connectivity index (χ4v) is 3.58. The molecule has 4 amide bonds. The van der Waals surface area contributed by atoms with E-state index < -0.39 is 23.0 Å². The van der Waals surface area contributed by atoms with Crippen LogP contribution in [0.1, 0.15) is 42.6 Å². The predicted molar refractivity (Wildman–Crippen MR) is 117 cm³/mol. The zero-order valence-corrected chi connectivity index (χ0v) is 18.0. The number of imide groups is 1. The molecule has 2 aliphatic rings. The lowest BCUT2D eigenvalue weighted by Gasteiger charge is -2.29. The number of fused-ring (bicyclic) bond motifs is 1. The van der Waals surface area contributed by atoms with E-state index in [0.29, 0.717) is 16.8 Å². The molecule has 0 saturated carbocycles. The summed E-state index contributed by atoms with van der Waals surface area (Å²) in [7, 11) is 0. The average Bonchev–Trinajstić information content (AvgIpc) is 3.13. The lowest BCUT2D eigenvalue weighted by atomic mass is 10.0. The van der Waals surface area contributed by atoms with Crippen LogP contribution < -0.4 is 15.4 Å². The molecule has 0 aliphatic carbocycles. The van der Waals surface area contributed by atoms with Crippen molar-refractivity contribution in [2.24, 2.45) is 0 Å². The normalized spacial score (nSPS) is 16.8. The Labute approximate surface area is 188 Å². The third kappa shape index (κ3) is 4.97. The maximum Gasteiger partial charge on any atom is 0.417 e. The Morgan fingerprint density at radius 3 is 2.48 bits per heavy atom. The maximum absolute atomic E-state index is 12.8. The number of rotatable bonds is 4. The first-order valence-electron chi connectivity index (χ1n) is 10.3. The molecule has 2 heterocycles. The monoisotopic (exact) mass is 454 g/mol. The molecule has 1 fully saturated rings. The number of nitro benzene ring substituents is 1. The lowest BCUT2D eigenvalue weighted by Crippen LogP contribution is -2.52. The standard InChI is InChI=1S/C20H16N4O7.C2H6/c25-17-9-8-16(18(26)22-17)23-10-14-13(19(23)27)2-1-3-15(14)21-20(28)31-12-6-4-11(5-7-12)24(29)30;1-2/h1-7,16H,8-10H2,(H,21,28)(H,22,25,26);1-2H3. The van der Waals surface area contributed by atoms with Crippen molar-refractivity contribution in [1.29, 1.82) is 0 Å². The Hall–Kier alpha value is -4.28. The van der Waals surface area contributed by atoms with Crippen LogP contribution in [0, 0.1) is 10.1 Å². The van der Waals surface area contributed by atoms with Crippen LogP contribution in [0.3, 0.4) is 0 Å². The van der Waals surface area contributed by atoms with Gasteiger partial charge in [-0.2, -0.15) is 0 Å². The number of nitrogens with zero attached hydrogens (tertiary/aromatic N) is 2. The minimum atomic E-state index is -0.839. The summed E-state index contributed by atoms with van der Waals surface area (Å²) < 4.78 is 5.14. The summed E-state index contributed by atoms with van der Waals surface area (Å²) in [5.41, 5.74) is 1.07. The van der Waals surface area contributed by atoms with Crippen LogP contribution in [0.5, 0.6) is 5.75 Å². The van der Waals surface area contributed by atoms with Gasteiger partial charge in [0, 0.05) is 41.9 Å². The van der Waals surface area contributed by atoms with Gasteiger partial charge in [-0.3, -0.25) is 35.1 Å². The number of hydrogen-bond donors (Lipinski definition) is 2. The summed E-state index contributed by atoms with van der Waals surface area (Å²) in [5, 5.41) is 15.5. The Bertz CT molecular complexity index is 1110. The minimum Gasteiger partial charge on any atom is -0.410 e. The summed E-state index contributed by atoms with van der Waals surface area (Å²) in [4.78, 5) is 60.1.